The van der Waals surface area contributed by atoms with Gasteiger partial charge in [-0.05, 0) is 133 Å². The fourth-order valence-corrected chi connectivity index (χ4v) is 9.52. The number of hydrogen-bond acceptors (Lipinski definition) is 1. The first kappa shape index (κ1) is 37.2. The van der Waals surface area contributed by atoms with Crippen molar-refractivity contribution in [2.45, 2.75) is 38.5 Å². The summed E-state index contributed by atoms with van der Waals surface area (Å²) in [6, 6.07) is 78.0. The predicted molar refractivity (Wildman–Crippen MR) is 253 cm³/mol. The molecule has 288 valence electrons. The molecule has 1 heteroatoms. The van der Waals surface area contributed by atoms with Crippen LogP contribution in [0.5, 0.6) is 0 Å². The van der Waals surface area contributed by atoms with Crippen molar-refractivity contribution in [1.82, 2.24) is 4.98 Å². The van der Waals surface area contributed by atoms with Crippen molar-refractivity contribution in [2.24, 2.45) is 0 Å². The van der Waals surface area contributed by atoms with Gasteiger partial charge in [0.25, 0.3) is 0 Å². The molecule has 0 radical (unpaired) electrons. The van der Waals surface area contributed by atoms with Crippen molar-refractivity contribution in [2.75, 3.05) is 0 Å². The first-order chi connectivity index (χ1) is 29.6. The van der Waals surface area contributed by atoms with Crippen LogP contribution in [0.15, 0.2) is 212 Å². The molecule has 0 fully saturated rings. The first-order valence-corrected chi connectivity index (χ1v) is 21.3. The molecule has 9 aromatic rings. The molecule has 1 nitrogen and oxygen atoms in total. The number of aromatic nitrogens is 1. The number of fused-ring (bicyclic) bond motifs is 3. The molecule has 1 heterocycles. The van der Waals surface area contributed by atoms with Crippen molar-refractivity contribution in [3.05, 3.63) is 235 Å². The van der Waals surface area contributed by atoms with Crippen LogP contribution in [0, 0.1) is 0 Å². The molecule has 0 aliphatic heterocycles. The van der Waals surface area contributed by atoms with E-state index >= 15 is 0 Å². The fourth-order valence-electron chi connectivity index (χ4n) is 9.52. The molecule has 1 aromatic heterocycles. The summed E-state index contributed by atoms with van der Waals surface area (Å²) in [5.41, 5.74) is 22.2. The van der Waals surface area contributed by atoms with Gasteiger partial charge < -0.3 is 0 Å². The fraction of sp³-hybridized carbons (Fsp3) is 0.102. The smallest absolute Gasteiger partial charge is 0.0715 e. The Morgan fingerprint density at radius 2 is 0.833 bits per heavy atom. The number of nitrogens with zero attached hydrogens (tertiary/aromatic N) is 1. The summed E-state index contributed by atoms with van der Waals surface area (Å²) in [6.07, 6.45) is 1.88. The summed E-state index contributed by atoms with van der Waals surface area (Å²) < 4.78 is 0. The Kier molecular flexibility index (Phi) is 10.1. The lowest BCUT2D eigenvalue weighted by atomic mass is 9.78. The van der Waals surface area contributed by atoms with Gasteiger partial charge in [0.15, 0.2) is 0 Å². The van der Waals surface area contributed by atoms with Crippen LogP contribution < -0.4 is 0 Å². The Morgan fingerprint density at radius 3 is 1.37 bits per heavy atom. The van der Waals surface area contributed by atoms with Gasteiger partial charge in [0.05, 0.1) is 11.4 Å². The molecule has 0 bridgehead atoms. The zero-order chi connectivity index (χ0) is 40.4. The molecular formula is C59H47N. The third-order valence-electron chi connectivity index (χ3n) is 12.6. The van der Waals surface area contributed by atoms with Crippen LogP contribution in [0.3, 0.4) is 0 Å². The van der Waals surface area contributed by atoms with E-state index in [0.717, 1.165) is 40.9 Å². The second-order valence-corrected chi connectivity index (χ2v) is 16.2. The Balaban J connectivity index is 1.24. The summed E-state index contributed by atoms with van der Waals surface area (Å²) in [5, 5.41) is 0. The molecule has 10 rings (SSSR count). The van der Waals surface area contributed by atoms with E-state index in [9.17, 15) is 0 Å². The minimum Gasteiger partial charge on any atom is -0.248 e. The summed E-state index contributed by atoms with van der Waals surface area (Å²) in [4.78, 5) is 5.28. The molecule has 1 unspecified atom stereocenters. The van der Waals surface area contributed by atoms with Gasteiger partial charge in [-0.3, -0.25) is 0 Å². The third kappa shape index (κ3) is 7.18. The minimum absolute atomic E-state index is 0.245. The molecular weight excluding hydrogens is 723 g/mol. The zero-order valence-electron chi connectivity index (χ0n) is 34.2. The second kappa shape index (κ2) is 16.3. The van der Waals surface area contributed by atoms with Gasteiger partial charge in [-0.2, -0.15) is 0 Å². The Labute approximate surface area is 354 Å². The van der Waals surface area contributed by atoms with Crippen molar-refractivity contribution < 1.29 is 0 Å². The van der Waals surface area contributed by atoms with Gasteiger partial charge in [-0.1, -0.05) is 196 Å². The Hall–Kier alpha value is -7.09. The third-order valence-corrected chi connectivity index (χ3v) is 12.6. The van der Waals surface area contributed by atoms with Gasteiger partial charge in [-0.15, -0.1) is 0 Å². The molecule has 0 spiro atoms. The van der Waals surface area contributed by atoms with E-state index in [0.29, 0.717) is 0 Å². The number of hydrogen-bond donors (Lipinski definition) is 0. The highest BCUT2D eigenvalue weighted by molar-refractivity contribution is 5.87. The van der Waals surface area contributed by atoms with E-state index in [1.54, 1.807) is 0 Å². The van der Waals surface area contributed by atoms with Gasteiger partial charge in [0, 0.05) is 11.1 Å². The molecule has 0 amide bonds. The van der Waals surface area contributed by atoms with Gasteiger partial charge in [0.1, 0.15) is 0 Å². The van der Waals surface area contributed by atoms with E-state index in [-0.39, 0.29) is 11.8 Å². The van der Waals surface area contributed by atoms with E-state index in [2.05, 4.69) is 226 Å². The van der Waals surface area contributed by atoms with Crippen LogP contribution in [0.1, 0.15) is 47.9 Å². The first-order valence-electron chi connectivity index (χ1n) is 21.3. The van der Waals surface area contributed by atoms with E-state index in [1.165, 1.54) is 72.3 Å². The molecule has 2 atom stereocenters. The summed E-state index contributed by atoms with van der Waals surface area (Å²) >= 11 is 0. The van der Waals surface area contributed by atoms with Crippen LogP contribution in [0.4, 0.5) is 0 Å². The van der Waals surface area contributed by atoms with Crippen molar-refractivity contribution in [1.29, 1.82) is 0 Å². The maximum Gasteiger partial charge on any atom is 0.0715 e. The quantitative estimate of drug-likeness (QED) is 0.150. The van der Waals surface area contributed by atoms with Gasteiger partial charge in [0.2, 0.25) is 0 Å². The molecule has 0 saturated heterocycles. The van der Waals surface area contributed by atoms with Gasteiger partial charge >= 0.3 is 0 Å². The molecule has 0 saturated carbocycles. The zero-order valence-corrected chi connectivity index (χ0v) is 34.2. The normalized spacial score (nSPS) is 14.5. The largest absolute Gasteiger partial charge is 0.248 e. The van der Waals surface area contributed by atoms with Crippen LogP contribution >= 0.6 is 0 Å². The van der Waals surface area contributed by atoms with Gasteiger partial charge in [-0.25, -0.2) is 4.98 Å². The lowest BCUT2D eigenvalue weighted by molar-refractivity contribution is 0.580. The summed E-state index contributed by atoms with van der Waals surface area (Å²) in [7, 11) is 0. The van der Waals surface area contributed by atoms with E-state index < -0.39 is 0 Å². The molecule has 60 heavy (non-hydrogen) atoms. The van der Waals surface area contributed by atoms with E-state index in [4.69, 9.17) is 4.98 Å². The maximum absolute atomic E-state index is 5.28. The van der Waals surface area contributed by atoms with Crippen molar-refractivity contribution >= 4 is 0 Å². The number of rotatable bonds is 8. The summed E-state index contributed by atoms with van der Waals surface area (Å²) in [6.45, 7) is 4.72. The highest BCUT2D eigenvalue weighted by Crippen LogP contribution is 2.47. The lowest BCUT2D eigenvalue weighted by Crippen LogP contribution is -2.11. The number of pyridine rings is 1. The van der Waals surface area contributed by atoms with Crippen LogP contribution in [0.2, 0.25) is 0 Å². The number of benzene rings is 8. The van der Waals surface area contributed by atoms with Crippen LogP contribution in [0.25, 0.3) is 78.1 Å². The Morgan fingerprint density at radius 1 is 0.400 bits per heavy atom. The summed E-state index contributed by atoms with van der Waals surface area (Å²) in [5.74, 6) is 0.533. The highest BCUT2D eigenvalue weighted by Gasteiger charge is 2.29. The van der Waals surface area contributed by atoms with Crippen molar-refractivity contribution in [3.63, 3.8) is 0 Å². The molecule has 1 aliphatic carbocycles. The maximum atomic E-state index is 5.28. The molecule has 0 N–H and O–H groups in total. The molecule has 1 aliphatic rings. The monoisotopic (exact) mass is 769 g/mol. The minimum atomic E-state index is 0.245. The average Bonchev–Trinajstić information content (AvgIpc) is 3.46. The predicted octanol–water partition coefficient (Wildman–Crippen LogP) is 15.8. The molecule has 8 aromatic carbocycles. The second-order valence-electron chi connectivity index (χ2n) is 16.2. The SMILES string of the molecule is CCc1c(-c2ccccc2)cc(-c2cc(-c3cc(-c4ccccc4)nc(-c4ccccc4)c3)cc([C@@H]3Cc4ccccc4-c4ccccc4C3C)c2)cc1-c1ccccc1. The van der Waals surface area contributed by atoms with Crippen molar-refractivity contribution in [3.8, 4) is 78.1 Å². The highest BCUT2D eigenvalue weighted by atomic mass is 14.7. The standard InChI is InChI=1S/C59H47N/c1-3-51-56(41-20-8-4-9-21-41)36-48(37-57(51)42-22-10-5-11-23-42)46-32-47(49-38-58(43-24-12-6-13-25-43)60-59(39-49)44-26-14-7-15-27-44)34-50(33-46)55-35-45-28-16-17-30-53(45)54-31-19-18-29-52(54)40(55)2/h4-34,36-40,55H,3,35H2,1-2H3/t40?,55-/m1/s1. The Bertz CT molecular complexity index is 2810. The van der Waals surface area contributed by atoms with E-state index in [1.807, 2.05) is 0 Å². The van der Waals surface area contributed by atoms with Crippen LogP contribution in [-0.4, -0.2) is 4.98 Å². The topological polar surface area (TPSA) is 12.9 Å². The average molecular weight is 770 g/mol. The van der Waals surface area contributed by atoms with Crippen LogP contribution in [-0.2, 0) is 12.8 Å². The lowest BCUT2D eigenvalue weighted by Gasteiger charge is -2.26.